The third-order valence-electron chi connectivity index (χ3n) is 6.00. The van der Waals surface area contributed by atoms with E-state index < -0.39 is 12.1 Å². The highest BCUT2D eigenvalue weighted by molar-refractivity contribution is 5.81. The van der Waals surface area contributed by atoms with E-state index in [0.717, 1.165) is 38.5 Å². The summed E-state index contributed by atoms with van der Waals surface area (Å²) in [6, 6.07) is -0.634. The first kappa shape index (κ1) is 31.5. The van der Waals surface area contributed by atoms with Crippen LogP contribution >= 0.6 is 0 Å². The van der Waals surface area contributed by atoms with Crippen molar-refractivity contribution in [3.05, 3.63) is 12.7 Å². The van der Waals surface area contributed by atoms with Crippen molar-refractivity contribution in [3.63, 3.8) is 0 Å². The molecule has 0 aliphatic carbocycles. The first-order valence-electron chi connectivity index (χ1n) is 13.9. The van der Waals surface area contributed by atoms with Gasteiger partial charge in [0.15, 0.2) is 0 Å². The number of ether oxygens (including phenoxy) is 2. The highest BCUT2D eigenvalue weighted by atomic mass is 16.6. The van der Waals surface area contributed by atoms with Crippen LogP contribution in [0, 0.1) is 0 Å². The lowest BCUT2D eigenvalue weighted by Crippen LogP contribution is -2.42. The first-order chi connectivity index (χ1) is 16.2. The van der Waals surface area contributed by atoms with E-state index in [1.165, 1.54) is 83.1 Å². The molecule has 0 aliphatic rings. The van der Waals surface area contributed by atoms with Gasteiger partial charge in [-0.25, -0.2) is 9.59 Å². The molecule has 1 unspecified atom stereocenters. The van der Waals surface area contributed by atoms with Crippen LogP contribution in [0.25, 0.3) is 0 Å². The van der Waals surface area contributed by atoms with Gasteiger partial charge in [0, 0.05) is 0 Å². The molecule has 0 bridgehead atoms. The molecule has 5 nitrogen and oxygen atoms in total. The van der Waals surface area contributed by atoms with Crippen molar-refractivity contribution in [2.24, 2.45) is 0 Å². The van der Waals surface area contributed by atoms with E-state index in [2.05, 4.69) is 25.7 Å². The van der Waals surface area contributed by atoms with Crippen molar-refractivity contribution in [1.82, 2.24) is 5.32 Å². The quantitative estimate of drug-likeness (QED) is 0.0881. The normalized spacial score (nSPS) is 11.7. The lowest BCUT2D eigenvalue weighted by atomic mass is 10.0. The van der Waals surface area contributed by atoms with Gasteiger partial charge < -0.3 is 14.8 Å². The average Bonchev–Trinajstić information content (AvgIpc) is 2.82. The van der Waals surface area contributed by atoms with Crippen LogP contribution in [0.15, 0.2) is 12.7 Å². The third-order valence-corrected chi connectivity index (χ3v) is 6.00. The van der Waals surface area contributed by atoms with Crippen molar-refractivity contribution in [2.45, 2.75) is 142 Å². The summed E-state index contributed by atoms with van der Waals surface area (Å²) in [7, 11) is 0. The maximum absolute atomic E-state index is 12.4. The maximum Gasteiger partial charge on any atom is 0.408 e. The first-order valence-corrected chi connectivity index (χ1v) is 13.9. The van der Waals surface area contributed by atoms with E-state index in [9.17, 15) is 9.59 Å². The fourth-order valence-electron chi connectivity index (χ4n) is 3.91. The number of rotatable bonds is 24. The Morgan fingerprint density at radius 2 is 1.15 bits per heavy atom. The number of hydrogen-bond acceptors (Lipinski definition) is 4. The summed E-state index contributed by atoms with van der Waals surface area (Å²) in [4.78, 5) is 24.3. The molecule has 0 fully saturated rings. The third kappa shape index (κ3) is 22.1. The molecular formula is C28H53NO4. The number of amides is 1. The second-order valence-electron chi connectivity index (χ2n) is 9.20. The van der Waals surface area contributed by atoms with Crippen molar-refractivity contribution < 1.29 is 19.1 Å². The fraction of sp³-hybridized carbons (Fsp3) is 0.857. The topological polar surface area (TPSA) is 64.6 Å². The number of nitrogens with one attached hydrogen (secondary N) is 1. The smallest absolute Gasteiger partial charge is 0.408 e. The van der Waals surface area contributed by atoms with Gasteiger partial charge in [0.05, 0.1) is 6.61 Å². The second kappa shape index (κ2) is 25.1. The van der Waals surface area contributed by atoms with Gasteiger partial charge in [-0.15, -0.1) is 0 Å². The molecule has 0 radical (unpaired) electrons. The molecule has 0 aliphatic heterocycles. The Balaban J connectivity index is 3.78. The van der Waals surface area contributed by atoms with Gasteiger partial charge in [-0.1, -0.05) is 136 Å². The van der Waals surface area contributed by atoms with Crippen LogP contribution in [0.5, 0.6) is 0 Å². The molecule has 0 aromatic carbocycles. The number of carbonyl (C=O) groups is 2. The van der Waals surface area contributed by atoms with Gasteiger partial charge in [-0.3, -0.25) is 0 Å². The minimum Gasteiger partial charge on any atom is -0.464 e. The van der Waals surface area contributed by atoms with E-state index in [0.29, 0.717) is 13.0 Å². The summed E-state index contributed by atoms with van der Waals surface area (Å²) in [6.07, 6.45) is 23.9. The zero-order chi connectivity index (χ0) is 24.4. The van der Waals surface area contributed by atoms with Gasteiger partial charge >= 0.3 is 12.1 Å². The highest BCUT2D eigenvalue weighted by Crippen LogP contribution is 2.13. The van der Waals surface area contributed by atoms with Crippen LogP contribution in [0.4, 0.5) is 4.79 Å². The Labute approximate surface area is 204 Å². The average molecular weight is 468 g/mol. The summed E-state index contributed by atoms with van der Waals surface area (Å²) in [5.74, 6) is -0.350. The summed E-state index contributed by atoms with van der Waals surface area (Å²) < 4.78 is 10.4. The number of unbranched alkanes of at least 4 members (excludes halogenated alkanes) is 16. The minimum atomic E-state index is -0.634. The maximum atomic E-state index is 12.4. The van der Waals surface area contributed by atoms with Crippen LogP contribution in [0.1, 0.15) is 136 Å². The standard InChI is InChI=1S/C28H53NO4/c1-4-7-9-11-12-13-14-15-16-17-18-19-20-22-25-32-27(30)26(23-21-10-8-5-2)29-28(31)33-24-6-3/h6,26H,3-5,7-25H2,1-2H3,(H,29,31). The molecule has 0 rings (SSSR count). The number of hydrogen-bond donors (Lipinski definition) is 1. The molecule has 1 amide bonds. The van der Waals surface area contributed by atoms with Crippen LogP contribution in [0.2, 0.25) is 0 Å². The lowest BCUT2D eigenvalue weighted by Gasteiger charge is -2.17. The fourth-order valence-corrected chi connectivity index (χ4v) is 3.91. The van der Waals surface area contributed by atoms with Crippen LogP contribution in [-0.2, 0) is 14.3 Å². The summed E-state index contributed by atoms with van der Waals surface area (Å²) in [5, 5.41) is 2.65. The minimum absolute atomic E-state index is 0.127. The zero-order valence-corrected chi connectivity index (χ0v) is 21.8. The largest absolute Gasteiger partial charge is 0.464 e. The van der Waals surface area contributed by atoms with E-state index in [1.807, 2.05) is 0 Å². The van der Waals surface area contributed by atoms with Crippen LogP contribution in [0.3, 0.4) is 0 Å². The van der Waals surface area contributed by atoms with Crippen molar-refractivity contribution in [2.75, 3.05) is 13.2 Å². The van der Waals surface area contributed by atoms with Gasteiger partial charge in [0.25, 0.3) is 0 Å². The van der Waals surface area contributed by atoms with Crippen molar-refractivity contribution in [3.8, 4) is 0 Å². The zero-order valence-electron chi connectivity index (χ0n) is 21.8. The van der Waals surface area contributed by atoms with Gasteiger partial charge in [0.1, 0.15) is 12.6 Å². The monoisotopic (exact) mass is 467 g/mol. The lowest BCUT2D eigenvalue weighted by molar-refractivity contribution is -0.146. The molecule has 0 spiro atoms. The SMILES string of the molecule is C=CCOC(=O)NC(CCCCCC)C(=O)OCCCCCCCCCCCCCCCC. The molecule has 0 saturated carbocycles. The molecular weight excluding hydrogens is 414 g/mol. The molecule has 0 aromatic rings. The van der Waals surface area contributed by atoms with Crippen LogP contribution in [-0.4, -0.2) is 31.3 Å². The molecule has 0 heterocycles. The van der Waals surface area contributed by atoms with E-state index in [4.69, 9.17) is 9.47 Å². The number of esters is 1. The second-order valence-corrected chi connectivity index (χ2v) is 9.20. The molecule has 1 N–H and O–H groups in total. The number of carbonyl (C=O) groups excluding carboxylic acids is 2. The molecule has 1 atom stereocenters. The summed E-state index contributed by atoms with van der Waals surface area (Å²) in [5.41, 5.74) is 0. The highest BCUT2D eigenvalue weighted by Gasteiger charge is 2.22. The Bertz CT molecular complexity index is 467. The van der Waals surface area contributed by atoms with Gasteiger partial charge in [0.2, 0.25) is 0 Å². The van der Waals surface area contributed by atoms with Gasteiger partial charge in [-0.2, -0.15) is 0 Å². The Hall–Kier alpha value is -1.52. The Kier molecular flexibility index (Phi) is 24.0. The Morgan fingerprint density at radius 3 is 1.64 bits per heavy atom. The molecule has 0 aromatic heterocycles. The summed E-state index contributed by atoms with van der Waals surface area (Å²) >= 11 is 0. The Morgan fingerprint density at radius 1 is 0.697 bits per heavy atom. The van der Waals surface area contributed by atoms with E-state index >= 15 is 0 Å². The molecule has 33 heavy (non-hydrogen) atoms. The molecule has 194 valence electrons. The van der Waals surface area contributed by atoms with E-state index in [1.54, 1.807) is 0 Å². The molecule has 0 saturated heterocycles. The van der Waals surface area contributed by atoms with Crippen molar-refractivity contribution in [1.29, 1.82) is 0 Å². The predicted molar refractivity (Wildman–Crippen MR) is 138 cm³/mol. The predicted octanol–water partition coefficient (Wildman–Crippen LogP) is 8.26. The van der Waals surface area contributed by atoms with Gasteiger partial charge in [-0.05, 0) is 12.8 Å². The van der Waals surface area contributed by atoms with Crippen molar-refractivity contribution >= 4 is 12.1 Å². The molecule has 5 heteroatoms. The van der Waals surface area contributed by atoms with Crippen LogP contribution < -0.4 is 5.32 Å². The number of alkyl carbamates (subject to hydrolysis) is 1. The summed E-state index contributed by atoms with van der Waals surface area (Å²) in [6.45, 7) is 8.49. The van der Waals surface area contributed by atoms with E-state index in [-0.39, 0.29) is 12.6 Å².